The van der Waals surface area contributed by atoms with Crippen molar-refractivity contribution >= 4 is 34.3 Å². The summed E-state index contributed by atoms with van der Waals surface area (Å²) in [5.74, 6) is 5.38. The largest absolute Gasteiger partial charge is 0.276 e. The fourth-order valence-electron chi connectivity index (χ4n) is 3.14. The molecule has 5 nitrogen and oxygen atoms in total. The average molecular weight is 346 g/mol. The molecule has 5 rings (SSSR count). The summed E-state index contributed by atoms with van der Waals surface area (Å²) in [4.78, 5) is 4.88. The third kappa shape index (κ3) is 2.19. The third-order valence-corrected chi connectivity index (χ3v) is 6.35. The Kier molecular flexibility index (Phi) is 3.00. The van der Waals surface area contributed by atoms with E-state index in [2.05, 4.69) is 27.9 Å². The molecule has 2 fully saturated rings. The molecule has 1 saturated heterocycles. The van der Waals surface area contributed by atoms with E-state index in [-0.39, 0.29) is 0 Å². The lowest BCUT2D eigenvalue weighted by atomic mass is 10.1. The van der Waals surface area contributed by atoms with Crippen LogP contribution < -0.4 is 0 Å². The van der Waals surface area contributed by atoms with E-state index in [1.54, 1.807) is 6.20 Å². The second kappa shape index (κ2) is 4.98. The van der Waals surface area contributed by atoms with Gasteiger partial charge >= 0.3 is 0 Å². The van der Waals surface area contributed by atoms with Crippen LogP contribution in [0.2, 0.25) is 5.02 Å². The first-order valence-corrected chi connectivity index (χ1v) is 9.41. The molecule has 1 N–H and O–H groups in total. The fourth-order valence-corrected chi connectivity index (χ4v) is 4.14. The van der Waals surface area contributed by atoms with E-state index in [4.69, 9.17) is 21.7 Å². The first kappa shape index (κ1) is 13.9. The molecule has 118 valence electrons. The number of aromatic nitrogens is 5. The number of fused-ring (bicyclic) bond motifs is 1. The molecule has 7 heteroatoms. The van der Waals surface area contributed by atoms with Crippen molar-refractivity contribution in [2.75, 3.05) is 11.5 Å². The smallest absolute Gasteiger partial charge is 0.158 e. The van der Waals surface area contributed by atoms with E-state index in [1.807, 2.05) is 17.8 Å². The highest BCUT2D eigenvalue weighted by atomic mass is 35.5. The number of hydrogen-bond acceptors (Lipinski definition) is 4. The summed E-state index contributed by atoms with van der Waals surface area (Å²) in [6.45, 7) is 2.26. The van der Waals surface area contributed by atoms with Gasteiger partial charge in [-0.15, -0.1) is 0 Å². The van der Waals surface area contributed by atoms with Gasteiger partial charge in [-0.25, -0.2) is 9.67 Å². The van der Waals surface area contributed by atoms with Gasteiger partial charge in [-0.05, 0) is 24.5 Å². The first-order chi connectivity index (χ1) is 11.2. The Morgan fingerprint density at radius 3 is 2.87 bits per heavy atom. The van der Waals surface area contributed by atoms with E-state index in [9.17, 15) is 0 Å². The second-order valence-corrected chi connectivity index (χ2v) is 8.02. The van der Waals surface area contributed by atoms with Gasteiger partial charge in [0.1, 0.15) is 0 Å². The summed E-state index contributed by atoms with van der Waals surface area (Å²) >= 11 is 8.36. The molecule has 3 aromatic rings. The summed E-state index contributed by atoms with van der Waals surface area (Å²) in [5, 5.41) is 13.5. The zero-order chi connectivity index (χ0) is 15.6. The van der Waals surface area contributed by atoms with Gasteiger partial charge in [0.05, 0.1) is 22.8 Å². The van der Waals surface area contributed by atoms with Gasteiger partial charge < -0.3 is 0 Å². The minimum atomic E-state index is 0.448. The highest BCUT2D eigenvalue weighted by Gasteiger charge is 2.39. The molecule has 1 aliphatic carbocycles. The van der Waals surface area contributed by atoms with Crippen molar-refractivity contribution in [3.05, 3.63) is 29.2 Å². The molecule has 1 aromatic carbocycles. The lowest BCUT2D eigenvalue weighted by molar-refractivity contribution is 0.526. The van der Waals surface area contributed by atoms with Crippen LogP contribution in [0.15, 0.2) is 18.3 Å². The molecule has 0 amide bonds. The molecule has 2 aromatic heterocycles. The summed E-state index contributed by atoms with van der Waals surface area (Å²) in [6.07, 6.45) is 3.00. The van der Waals surface area contributed by atoms with Crippen LogP contribution in [0.3, 0.4) is 0 Å². The molecule has 0 bridgehead atoms. The number of rotatable bonds is 3. The van der Waals surface area contributed by atoms with Gasteiger partial charge in [0.15, 0.2) is 11.6 Å². The maximum atomic E-state index is 6.41. The maximum Gasteiger partial charge on any atom is 0.158 e. The highest BCUT2D eigenvalue weighted by Crippen LogP contribution is 2.46. The van der Waals surface area contributed by atoms with E-state index in [0.29, 0.717) is 22.9 Å². The molecule has 2 aliphatic rings. The predicted octanol–water partition coefficient (Wildman–Crippen LogP) is 3.89. The normalized spacial score (nSPS) is 24.1. The minimum absolute atomic E-state index is 0.448. The van der Waals surface area contributed by atoms with Crippen LogP contribution in [0.4, 0.5) is 0 Å². The van der Waals surface area contributed by atoms with Gasteiger partial charge in [-0.1, -0.05) is 18.5 Å². The lowest BCUT2D eigenvalue weighted by Gasteiger charge is -2.26. The predicted molar refractivity (Wildman–Crippen MR) is 93.0 cm³/mol. The van der Waals surface area contributed by atoms with E-state index in [0.717, 1.165) is 39.6 Å². The van der Waals surface area contributed by atoms with E-state index >= 15 is 0 Å². The molecule has 0 unspecified atom stereocenters. The molecular weight excluding hydrogens is 330 g/mol. The Labute approximate surface area is 142 Å². The summed E-state index contributed by atoms with van der Waals surface area (Å²) in [7, 11) is 0. The average Bonchev–Trinajstić information content (AvgIpc) is 2.89. The summed E-state index contributed by atoms with van der Waals surface area (Å²) < 4.78 is 2.12. The number of nitrogens with one attached hydrogen (secondary N) is 1. The van der Waals surface area contributed by atoms with Crippen molar-refractivity contribution in [1.29, 1.82) is 0 Å². The minimum Gasteiger partial charge on any atom is -0.276 e. The van der Waals surface area contributed by atoms with Crippen molar-refractivity contribution in [2.45, 2.75) is 25.3 Å². The van der Waals surface area contributed by atoms with Gasteiger partial charge in [0, 0.05) is 28.4 Å². The van der Waals surface area contributed by atoms with Crippen molar-refractivity contribution in [1.82, 2.24) is 25.0 Å². The van der Waals surface area contributed by atoms with Gasteiger partial charge in [-0.3, -0.25) is 5.10 Å². The molecule has 23 heavy (non-hydrogen) atoms. The number of halogens is 1. The number of hydrogen-bond donors (Lipinski definition) is 1. The van der Waals surface area contributed by atoms with Crippen LogP contribution in [-0.2, 0) is 0 Å². The van der Waals surface area contributed by atoms with Crippen LogP contribution in [0.25, 0.3) is 22.3 Å². The Hall–Kier alpha value is -1.53. The monoisotopic (exact) mass is 345 g/mol. The van der Waals surface area contributed by atoms with Gasteiger partial charge in [0.25, 0.3) is 0 Å². The highest BCUT2D eigenvalue weighted by molar-refractivity contribution is 8.00. The summed E-state index contributed by atoms with van der Waals surface area (Å²) in [5.41, 5.74) is 1.89. The molecular formula is C16H16ClN5S. The Bertz CT molecular complexity index is 897. The SMILES string of the molecule is C[C@@H]1C[C@H]1c1nc(-c2cc(Cl)c3[nH]ncc3c2)n(C2CSC2)n1. The van der Waals surface area contributed by atoms with Crippen molar-refractivity contribution in [3.8, 4) is 11.4 Å². The van der Waals surface area contributed by atoms with Crippen LogP contribution in [-0.4, -0.2) is 36.5 Å². The summed E-state index contributed by atoms with van der Waals surface area (Å²) in [6, 6.07) is 4.51. The molecule has 0 radical (unpaired) electrons. The number of nitrogens with zero attached hydrogens (tertiary/aromatic N) is 4. The molecule has 0 spiro atoms. The van der Waals surface area contributed by atoms with Crippen LogP contribution >= 0.6 is 23.4 Å². The number of H-pyrrole nitrogens is 1. The number of aromatic amines is 1. The first-order valence-electron chi connectivity index (χ1n) is 7.88. The topological polar surface area (TPSA) is 59.4 Å². The van der Waals surface area contributed by atoms with Crippen molar-refractivity contribution in [3.63, 3.8) is 0 Å². The van der Waals surface area contributed by atoms with Crippen molar-refractivity contribution in [2.24, 2.45) is 5.92 Å². The third-order valence-electron chi connectivity index (χ3n) is 4.81. The standard InChI is InChI=1S/C16H16ClN5S/c1-8-2-12(8)15-19-16(22(21-15)11-6-23-7-11)9-3-10-5-18-20-14(10)13(17)4-9/h3-5,8,11-12H,2,6-7H2,1H3,(H,18,20)/t8-,12-/m1/s1. The Morgan fingerprint density at radius 2 is 2.17 bits per heavy atom. The molecule has 1 aliphatic heterocycles. The zero-order valence-corrected chi connectivity index (χ0v) is 14.2. The quantitative estimate of drug-likeness (QED) is 0.782. The van der Waals surface area contributed by atoms with E-state index in [1.165, 1.54) is 6.42 Å². The second-order valence-electron chi connectivity index (χ2n) is 6.54. The van der Waals surface area contributed by atoms with Crippen molar-refractivity contribution < 1.29 is 0 Å². The Morgan fingerprint density at radius 1 is 1.35 bits per heavy atom. The Balaban J connectivity index is 1.65. The maximum absolute atomic E-state index is 6.41. The zero-order valence-electron chi connectivity index (χ0n) is 12.7. The molecule has 2 atom stereocenters. The molecule has 1 saturated carbocycles. The van der Waals surface area contributed by atoms with Crippen LogP contribution in [0.1, 0.15) is 31.1 Å². The lowest BCUT2D eigenvalue weighted by Crippen LogP contribution is -2.24. The van der Waals surface area contributed by atoms with Crippen LogP contribution in [0, 0.1) is 5.92 Å². The molecule has 3 heterocycles. The van der Waals surface area contributed by atoms with Crippen LogP contribution in [0.5, 0.6) is 0 Å². The fraction of sp³-hybridized carbons (Fsp3) is 0.438. The number of thioether (sulfide) groups is 1. The van der Waals surface area contributed by atoms with Gasteiger partial charge in [-0.2, -0.15) is 22.0 Å². The van der Waals surface area contributed by atoms with Gasteiger partial charge in [0.2, 0.25) is 0 Å². The van der Waals surface area contributed by atoms with E-state index < -0.39 is 0 Å². The number of benzene rings is 1.